The molecule has 56 valence electrons. The minimum Gasteiger partial charge on any atom is -0.503 e. The van der Waals surface area contributed by atoms with Gasteiger partial charge in [-0.3, -0.25) is 0 Å². The predicted octanol–water partition coefficient (Wildman–Crippen LogP) is 1.24. The average Bonchev–Trinajstić information content (AvgIpc) is 2.35. The van der Waals surface area contributed by atoms with Crippen molar-refractivity contribution in [3.8, 4) is 5.75 Å². The Morgan fingerprint density at radius 2 is 2.27 bits per heavy atom. The summed E-state index contributed by atoms with van der Waals surface area (Å²) >= 11 is 0. The van der Waals surface area contributed by atoms with Gasteiger partial charge in [-0.2, -0.15) is 0 Å². The van der Waals surface area contributed by atoms with Crippen molar-refractivity contribution in [1.29, 1.82) is 0 Å². The molecule has 0 saturated carbocycles. The van der Waals surface area contributed by atoms with Gasteiger partial charge in [0.15, 0.2) is 16.8 Å². The van der Waals surface area contributed by atoms with Gasteiger partial charge in [0.05, 0.1) is 5.69 Å². The Balaban J connectivity index is 2.94. The van der Waals surface area contributed by atoms with Crippen LogP contribution in [0, 0.1) is 6.92 Å². The van der Waals surface area contributed by atoms with Crippen LogP contribution < -0.4 is 0 Å². The van der Waals surface area contributed by atoms with Crippen LogP contribution in [0.2, 0.25) is 0 Å². The molecular formula is C7H6N2O2. The van der Waals surface area contributed by atoms with E-state index < -0.39 is 0 Å². The SMILES string of the molecule is Cc1ncnc2c(O)coc12. The third-order valence-corrected chi connectivity index (χ3v) is 1.51. The molecular weight excluding hydrogens is 144 g/mol. The second-order valence-electron chi connectivity index (χ2n) is 2.26. The first-order chi connectivity index (χ1) is 5.29. The molecule has 0 spiro atoms. The Hall–Kier alpha value is -1.58. The number of hydrogen-bond acceptors (Lipinski definition) is 4. The Labute approximate surface area is 62.5 Å². The van der Waals surface area contributed by atoms with Gasteiger partial charge in [-0.1, -0.05) is 0 Å². The second-order valence-corrected chi connectivity index (χ2v) is 2.26. The maximum Gasteiger partial charge on any atom is 0.180 e. The molecule has 2 rings (SSSR count). The monoisotopic (exact) mass is 150 g/mol. The van der Waals surface area contributed by atoms with Gasteiger partial charge in [0, 0.05) is 0 Å². The van der Waals surface area contributed by atoms with E-state index in [0.717, 1.165) is 5.69 Å². The van der Waals surface area contributed by atoms with Crippen molar-refractivity contribution in [1.82, 2.24) is 9.97 Å². The van der Waals surface area contributed by atoms with Crippen LogP contribution in [0.3, 0.4) is 0 Å². The van der Waals surface area contributed by atoms with Crippen LogP contribution in [0.15, 0.2) is 17.0 Å². The van der Waals surface area contributed by atoms with E-state index in [9.17, 15) is 0 Å². The van der Waals surface area contributed by atoms with Crippen molar-refractivity contribution in [2.75, 3.05) is 0 Å². The van der Waals surface area contributed by atoms with E-state index >= 15 is 0 Å². The van der Waals surface area contributed by atoms with Crippen molar-refractivity contribution in [2.45, 2.75) is 6.92 Å². The molecule has 0 saturated heterocycles. The average molecular weight is 150 g/mol. The fraction of sp³-hybridized carbons (Fsp3) is 0.143. The Bertz CT molecular complexity index is 394. The summed E-state index contributed by atoms with van der Waals surface area (Å²) in [6.45, 7) is 1.80. The number of aryl methyl sites for hydroxylation is 1. The zero-order valence-electron chi connectivity index (χ0n) is 5.90. The van der Waals surface area contributed by atoms with Gasteiger partial charge in [-0.25, -0.2) is 9.97 Å². The number of aromatic hydroxyl groups is 1. The van der Waals surface area contributed by atoms with Crippen molar-refractivity contribution in [2.24, 2.45) is 0 Å². The highest BCUT2D eigenvalue weighted by Crippen LogP contribution is 2.24. The number of rotatable bonds is 0. The van der Waals surface area contributed by atoms with Crippen LogP contribution in [0.5, 0.6) is 5.75 Å². The summed E-state index contributed by atoms with van der Waals surface area (Å²) in [4.78, 5) is 7.75. The molecule has 0 radical (unpaired) electrons. The number of aromatic nitrogens is 2. The molecule has 0 fully saturated rings. The first-order valence-electron chi connectivity index (χ1n) is 3.17. The number of nitrogens with zero attached hydrogens (tertiary/aromatic N) is 2. The van der Waals surface area contributed by atoms with Gasteiger partial charge in [0.25, 0.3) is 0 Å². The van der Waals surface area contributed by atoms with Crippen molar-refractivity contribution in [3.05, 3.63) is 18.3 Å². The summed E-state index contributed by atoms with van der Waals surface area (Å²) in [7, 11) is 0. The summed E-state index contributed by atoms with van der Waals surface area (Å²) in [6.07, 6.45) is 2.65. The first-order valence-corrected chi connectivity index (χ1v) is 3.17. The van der Waals surface area contributed by atoms with E-state index in [1.165, 1.54) is 12.6 Å². The summed E-state index contributed by atoms with van der Waals surface area (Å²) < 4.78 is 5.00. The summed E-state index contributed by atoms with van der Waals surface area (Å²) in [5.41, 5.74) is 1.75. The van der Waals surface area contributed by atoms with E-state index in [2.05, 4.69) is 9.97 Å². The molecule has 4 nitrogen and oxygen atoms in total. The van der Waals surface area contributed by atoms with E-state index in [4.69, 9.17) is 9.52 Å². The first kappa shape index (κ1) is 6.15. The lowest BCUT2D eigenvalue weighted by Gasteiger charge is -1.89. The van der Waals surface area contributed by atoms with Gasteiger partial charge < -0.3 is 9.52 Å². The summed E-state index contributed by atoms with van der Waals surface area (Å²) in [6, 6.07) is 0. The van der Waals surface area contributed by atoms with Crippen LogP contribution >= 0.6 is 0 Å². The van der Waals surface area contributed by atoms with Crippen molar-refractivity contribution < 1.29 is 9.52 Å². The molecule has 11 heavy (non-hydrogen) atoms. The minimum absolute atomic E-state index is 0.0606. The standard InChI is InChI=1S/C7H6N2O2/c1-4-7-6(9-3-8-4)5(10)2-11-7/h2-3,10H,1H3. The fourth-order valence-corrected chi connectivity index (χ4v) is 0.956. The Morgan fingerprint density at radius 3 is 3.00 bits per heavy atom. The van der Waals surface area contributed by atoms with Crippen LogP contribution in [0.1, 0.15) is 5.69 Å². The molecule has 0 amide bonds. The highest BCUT2D eigenvalue weighted by molar-refractivity contribution is 5.80. The van der Waals surface area contributed by atoms with E-state index in [0.29, 0.717) is 11.1 Å². The van der Waals surface area contributed by atoms with Crippen LogP contribution in [0.4, 0.5) is 0 Å². The van der Waals surface area contributed by atoms with Gasteiger partial charge in [0.2, 0.25) is 0 Å². The minimum atomic E-state index is 0.0606. The fourth-order valence-electron chi connectivity index (χ4n) is 0.956. The number of fused-ring (bicyclic) bond motifs is 1. The molecule has 0 bridgehead atoms. The van der Waals surface area contributed by atoms with Crippen molar-refractivity contribution in [3.63, 3.8) is 0 Å². The molecule has 2 aromatic rings. The van der Waals surface area contributed by atoms with Crippen LogP contribution in [-0.4, -0.2) is 15.1 Å². The lowest BCUT2D eigenvalue weighted by Crippen LogP contribution is -1.82. The highest BCUT2D eigenvalue weighted by Gasteiger charge is 2.07. The maximum absolute atomic E-state index is 9.15. The third kappa shape index (κ3) is 0.756. The number of hydrogen-bond donors (Lipinski definition) is 1. The van der Waals surface area contributed by atoms with E-state index in [-0.39, 0.29) is 5.75 Å². The molecule has 2 heterocycles. The maximum atomic E-state index is 9.15. The molecule has 0 aromatic carbocycles. The van der Waals surface area contributed by atoms with Gasteiger partial charge in [0.1, 0.15) is 12.6 Å². The van der Waals surface area contributed by atoms with Gasteiger partial charge in [-0.15, -0.1) is 0 Å². The zero-order valence-corrected chi connectivity index (χ0v) is 5.90. The van der Waals surface area contributed by atoms with E-state index in [1.54, 1.807) is 6.92 Å². The molecule has 2 aromatic heterocycles. The summed E-state index contributed by atoms with van der Waals surface area (Å²) in [5, 5.41) is 9.15. The molecule has 0 atom stereocenters. The quantitative estimate of drug-likeness (QED) is 0.613. The lowest BCUT2D eigenvalue weighted by atomic mass is 10.3. The molecule has 0 aliphatic rings. The smallest absolute Gasteiger partial charge is 0.180 e. The predicted molar refractivity (Wildman–Crippen MR) is 38.2 cm³/mol. The largest absolute Gasteiger partial charge is 0.503 e. The van der Waals surface area contributed by atoms with Crippen LogP contribution in [0.25, 0.3) is 11.1 Å². The molecule has 0 aliphatic carbocycles. The van der Waals surface area contributed by atoms with Gasteiger partial charge in [-0.05, 0) is 6.92 Å². The normalized spacial score (nSPS) is 10.6. The van der Waals surface area contributed by atoms with Crippen molar-refractivity contribution >= 4 is 11.1 Å². The Morgan fingerprint density at radius 1 is 1.45 bits per heavy atom. The van der Waals surface area contributed by atoms with Gasteiger partial charge >= 0.3 is 0 Å². The Kier molecular flexibility index (Phi) is 1.09. The molecule has 4 heteroatoms. The van der Waals surface area contributed by atoms with Crippen LogP contribution in [-0.2, 0) is 0 Å². The zero-order chi connectivity index (χ0) is 7.84. The topological polar surface area (TPSA) is 59.2 Å². The van der Waals surface area contributed by atoms with E-state index in [1.807, 2.05) is 0 Å². The molecule has 0 unspecified atom stereocenters. The highest BCUT2D eigenvalue weighted by atomic mass is 16.4. The lowest BCUT2D eigenvalue weighted by molar-refractivity contribution is 0.464. The second kappa shape index (κ2) is 1.95. The third-order valence-electron chi connectivity index (χ3n) is 1.51. The number of furan rings is 1. The molecule has 0 aliphatic heterocycles. The summed E-state index contributed by atoms with van der Waals surface area (Å²) in [5.74, 6) is 0.0606. The molecule has 1 N–H and O–H groups in total.